The van der Waals surface area contributed by atoms with Crippen LogP contribution in [0.25, 0.3) is 0 Å². The fourth-order valence-corrected chi connectivity index (χ4v) is 3.63. The summed E-state index contributed by atoms with van der Waals surface area (Å²) in [6.45, 7) is 5.71. The SMILES string of the molecule is CO[C@H]1C[C@H](C)CC(=O)C2=C(C)[C@H](O)O[C@@]23C=C(C)[C@H]1O3. The summed E-state index contributed by atoms with van der Waals surface area (Å²) >= 11 is 0. The van der Waals surface area contributed by atoms with E-state index in [1.54, 1.807) is 14.0 Å². The van der Waals surface area contributed by atoms with Crippen LogP contribution in [0.4, 0.5) is 0 Å². The summed E-state index contributed by atoms with van der Waals surface area (Å²) in [5, 5.41) is 10.0. The van der Waals surface area contributed by atoms with E-state index in [0.717, 1.165) is 12.0 Å². The van der Waals surface area contributed by atoms with E-state index in [9.17, 15) is 9.90 Å². The molecule has 0 aromatic carbocycles. The van der Waals surface area contributed by atoms with E-state index < -0.39 is 12.1 Å². The fourth-order valence-electron chi connectivity index (χ4n) is 3.63. The summed E-state index contributed by atoms with van der Waals surface area (Å²) in [7, 11) is 1.66. The second-order valence-corrected chi connectivity index (χ2v) is 6.36. The highest BCUT2D eigenvalue weighted by Gasteiger charge is 2.54. The molecule has 0 aromatic heterocycles. The molecule has 1 fully saturated rings. The average molecular weight is 294 g/mol. The Labute approximate surface area is 124 Å². The number of ketones is 1. The Hall–Kier alpha value is -1.01. The van der Waals surface area contributed by atoms with E-state index in [-0.39, 0.29) is 23.9 Å². The van der Waals surface area contributed by atoms with Crippen molar-refractivity contribution in [2.45, 2.75) is 57.9 Å². The van der Waals surface area contributed by atoms with Crippen LogP contribution in [0.3, 0.4) is 0 Å². The number of Topliss-reactive ketones (excluding diaryl/α,β-unsaturated/α-hetero) is 1. The zero-order valence-electron chi connectivity index (χ0n) is 12.9. The van der Waals surface area contributed by atoms with E-state index in [4.69, 9.17) is 14.2 Å². The number of aliphatic hydroxyl groups excluding tert-OH is 1. The van der Waals surface area contributed by atoms with Gasteiger partial charge in [0, 0.05) is 13.5 Å². The number of ether oxygens (including phenoxy) is 3. The molecule has 3 heterocycles. The highest BCUT2D eigenvalue weighted by molar-refractivity contribution is 5.99. The molecule has 0 aliphatic carbocycles. The molecule has 0 radical (unpaired) electrons. The van der Waals surface area contributed by atoms with Gasteiger partial charge in [-0.05, 0) is 43.4 Å². The van der Waals surface area contributed by atoms with Crippen molar-refractivity contribution in [1.29, 1.82) is 0 Å². The number of carbonyl (C=O) groups excluding carboxylic acids is 1. The molecule has 1 saturated heterocycles. The molecular formula is C16H22O5. The molecule has 0 amide bonds. The Balaban J connectivity index is 2.11. The molecule has 1 spiro atoms. The zero-order chi connectivity index (χ0) is 15.4. The van der Waals surface area contributed by atoms with Gasteiger partial charge in [0.1, 0.15) is 6.10 Å². The van der Waals surface area contributed by atoms with Crippen LogP contribution in [0.5, 0.6) is 0 Å². The molecule has 1 N–H and O–H groups in total. The maximum Gasteiger partial charge on any atom is 0.222 e. The first-order valence-corrected chi connectivity index (χ1v) is 7.38. The third-order valence-electron chi connectivity index (χ3n) is 4.66. The van der Waals surface area contributed by atoms with Gasteiger partial charge < -0.3 is 19.3 Å². The van der Waals surface area contributed by atoms with Crippen LogP contribution in [-0.4, -0.2) is 42.3 Å². The van der Waals surface area contributed by atoms with Gasteiger partial charge in [-0.1, -0.05) is 6.92 Å². The molecule has 5 nitrogen and oxygen atoms in total. The summed E-state index contributed by atoms with van der Waals surface area (Å²) in [5.41, 5.74) is 1.98. The summed E-state index contributed by atoms with van der Waals surface area (Å²) in [6, 6.07) is 0. The minimum Gasteiger partial charge on any atom is -0.378 e. The van der Waals surface area contributed by atoms with Crippen molar-refractivity contribution >= 4 is 5.78 Å². The molecule has 3 rings (SSSR count). The highest BCUT2D eigenvalue weighted by Crippen LogP contribution is 2.47. The lowest BCUT2D eigenvalue weighted by molar-refractivity contribution is -0.239. The lowest BCUT2D eigenvalue weighted by Gasteiger charge is -2.28. The van der Waals surface area contributed by atoms with Gasteiger partial charge >= 0.3 is 0 Å². The lowest BCUT2D eigenvalue weighted by Crippen LogP contribution is -2.38. The van der Waals surface area contributed by atoms with E-state index in [2.05, 4.69) is 0 Å². The van der Waals surface area contributed by atoms with Gasteiger partial charge in [0.2, 0.25) is 5.79 Å². The van der Waals surface area contributed by atoms with Gasteiger partial charge in [0.05, 0.1) is 11.7 Å². The fraction of sp³-hybridized carbons (Fsp3) is 0.688. The number of hydrogen-bond donors (Lipinski definition) is 1. The van der Waals surface area contributed by atoms with E-state index in [1.807, 2.05) is 19.9 Å². The maximum absolute atomic E-state index is 12.7. The van der Waals surface area contributed by atoms with Crippen molar-refractivity contribution in [1.82, 2.24) is 0 Å². The topological polar surface area (TPSA) is 65.0 Å². The van der Waals surface area contributed by atoms with Crippen LogP contribution < -0.4 is 0 Å². The van der Waals surface area contributed by atoms with Crippen molar-refractivity contribution in [3.8, 4) is 0 Å². The summed E-state index contributed by atoms with van der Waals surface area (Å²) in [5.74, 6) is -1.07. The Bertz CT molecular complexity index is 535. The average Bonchev–Trinajstić information content (AvgIpc) is 2.84. The molecule has 0 unspecified atom stereocenters. The number of fused-ring (bicyclic) bond motifs is 1. The van der Waals surface area contributed by atoms with Crippen LogP contribution in [0.1, 0.15) is 33.6 Å². The first kappa shape index (κ1) is 14.9. The normalized spacial score (nSPS) is 43.3. The molecule has 5 atom stereocenters. The Morgan fingerprint density at radius 2 is 2.10 bits per heavy atom. The minimum atomic E-state index is -1.24. The number of hydrogen-bond acceptors (Lipinski definition) is 5. The highest BCUT2D eigenvalue weighted by atomic mass is 16.8. The van der Waals surface area contributed by atoms with Gasteiger partial charge in [-0.3, -0.25) is 4.79 Å². The number of carbonyl (C=O) groups is 1. The van der Waals surface area contributed by atoms with Crippen LogP contribution >= 0.6 is 0 Å². The van der Waals surface area contributed by atoms with E-state index in [1.165, 1.54) is 0 Å². The molecule has 21 heavy (non-hydrogen) atoms. The minimum absolute atomic E-state index is 0.0157. The molecular weight excluding hydrogens is 272 g/mol. The lowest BCUT2D eigenvalue weighted by atomic mass is 9.87. The van der Waals surface area contributed by atoms with Gasteiger partial charge in [0.15, 0.2) is 12.1 Å². The molecule has 3 aliphatic rings. The molecule has 0 aromatic rings. The van der Waals surface area contributed by atoms with Gasteiger partial charge in [-0.25, -0.2) is 0 Å². The molecule has 116 valence electrons. The molecule has 0 saturated carbocycles. The van der Waals surface area contributed by atoms with E-state index >= 15 is 0 Å². The van der Waals surface area contributed by atoms with Crippen molar-refractivity contribution < 1.29 is 24.1 Å². The van der Waals surface area contributed by atoms with Crippen molar-refractivity contribution in [2.75, 3.05) is 7.11 Å². The standard InChI is InChI=1S/C16H22O5/c1-8-5-11(17)13-10(3)15(18)21-16(13)7-9(2)14(20-16)12(6-8)19-4/h7-8,12,14-15,18H,5-6H2,1-4H3/t8-,12+,14-,15-,16+/m1/s1. The van der Waals surface area contributed by atoms with Crippen LogP contribution in [0, 0.1) is 5.92 Å². The smallest absolute Gasteiger partial charge is 0.222 e. The Morgan fingerprint density at radius 3 is 2.76 bits per heavy atom. The van der Waals surface area contributed by atoms with Gasteiger partial charge in [-0.15, -0.1) is 0 Å². The Kier molecular flexibility index (Phi) is 3.56. The second-order valence-electron chi connectivity index (χ2n) is 6.36. The molecule has 5 heteroatoms. The first-order valence-electron chi connectivity index (χ1n) is 7.38. The maximum atomic E-state index is 12.7. The Morgan fingerprint density at radius 1 is 1.38 bits per heavy atom. The number of rotatable bonds is 1. The predicted octanol–water partition coefficient (Wildman–Crippen LogP) is 1.71. The summed E-state index contributed by atoms with van der Waals surface area (Å²) < 4.78 is 17.3. The first-order chi connectivity index (χ1) is 9.88. The van der Waals surface area contributed by atoms with Crippen molar-refractivity contribution in [3.63, 3.8) is 0 Å². The van der Waals surface area contributed by atoms with Crippen molar-refractivity contribution in [2.24, 2.45) is 5.92 Å². The second kappa shape index (κ2) is 5.02. The summed E-state index contributed by atoms with van der Waals surface area (Å²) in [6.07, 6.45) is 1.51. The third-order valence-corrected chi connectivity index (χ3v) is 4.66. The largest absolute Gasteiger partial charge is 0.378 e. The number of methoxy groups -OCH3 is 1. The zero-order valence-corrected chi connectivity index (χ0v) is 12.9. The summed E-state index contributed by atoms with van der Waals surface area (Å²) in [4.78, 5) is 12.7. The third kappa shape index (κ3) is 2.19. The van der Waals surface area contributed by atoms with Crippen LogP contribution in [0.2, 0.25) is 0 Å². The van der Waals surface area contributed by atoms with Gasteiger partial charge in [-0.2, -0.15) is 0 Å². The van der Waals surface area contributed by atoms with Crippen LogP contribution in [0.15, 0.2) is 22.8 Å². The van der Waals surface area contributed by atoms with E-state index in [0.29, 0.717) is 17.6 Å². The molecule has 3 aliphatic heterocycles. The van der Waals surface area contributed by atoms with Crippen LogP contribution in [-0.2, 0) is 19.0 Å². The van der Waals surface area contributed by atoms with Crippen molar-refractivity contribution in [3.05, 3.63) is 22.8 Å². The predicted molar refractivity (Wildman–Crippen MR) is 75.4 cm³/mol. The molecule has 2 bridgehead atoms. The monoisotopic (exact) mass is 294 g/mol. The number of aliphatic hydroxyl groups is 1. The quantitative estimate of drug-likeness (QED) is 0.746. The van der Waals surface area contributed by atoms with Gasteiger partial charge in [0.25, 0.3) is 0 Å².